The van der Waals surface area contributed by atoms with Crippen LogP contribution in [0.15, 0.2) is 24.3 Å². The molecule has 1 saturated heterocycles. The zero-order chi connectivity index (χ0) is 14.8. The van der Waals surface area contributed by atoms with E-state index >= 15 is 0 Å². The van der Waals surface area contributed by atoms with Gasteiger partial charge in [-0.05, 0) is 19.1 Å². The number of rotatable bonds is 5. The molecule has 0 bridgehead atoms. The van der Waals surface area contributed by atoms with Gasteiger partial charge in [-0.25, -0.2) is 13.6 Å². The largest absolute Gasteiger partial charge is 0.492 e. The quantitative estimate of drug-likeness (QED) is 0.867. The molecule has 0 aromatic heterocycles. The number of primary sulfonamides is 1. The number of hydrogen-bond acceptors (Lipinski definition) is 4. The van der Waals surface area contributed by atoms with Gasteiger partial charge < -0.3 is 9.64 Å². The number of amides is 1. The third-order valence-corrected chi connectivity index (χ3v) is 4.07. The average molecular weight is 298 g/mol. The molecule has 7 heteroatoms. The molecule has 2 rings (SSSR count). The summed E-state index contributed by atoms with van der Waals surface area (Å²) in [4.78, 5) is 13.6. The number of nitrogens with two attached hydrogens (primary N) is 1. The number of benzene rings is 1. The molecule has 1 unspecified atom stereocenters. The standard InChI is InChI=1S/C13H18N2O4S/c1-2-19-12-6-4-3-5-11(12)15-8-10(7-13(15)16)9-20(14,17)18/h3-6,10H,2,7-9H2,1H3,(H2,14,17,18). The second-order valence-electron chi connectivity index (χ2n) is 4.80. The predicted octanol–water partition coefficient (Wildman–Crippen LogP) is 0.727. The highest BCUT2D eigenvalue weighted by atomic mass is 32.2. The molecule has 0 aliphatic carbocycles. The Bertz CT molecular complexity index is 600. The first-order chi connectivity index (χ1) is 9.40. The van der Waals surface area contributed by atoms with Crippen LogP contribution < -0.4 is 14.8 Å². The minimum atomic E-state index is -3.57. The highest BCUT2D eigenvalue weighted by Crippen LogP contribution is 2.33. The third-order valence-electron chi connectivity index (χ3n) is 3.13. The summed E-state index contributed by atoms with van der Waals surface area (Å²) in [5, 5.41) is 5.04. The lowest BCUT2D eigenvalue weighted by Crippen LogP contribution is -2.27. The van der Waals surface area contributed by atoms with Gasteiger partial charge in [0.15, 0.2) is 0 Å². The Hall–Kier alpha value is -1.60. The van der Waals surface area contributed by atoms with Crippen LogP contribution in [0.1, 0.15) is 13.3 Å². The number of sulfonamides is 1. The minimum Gasteiger partial charge on any atom is -0.492 e. The van der Waals surface area contributed by atoms with Gasteiger partial charge in [-0.3, -0.25) is 4.79 Å². The molecule has 0 saturated carbocycles. The van der Waals surface area contributed by atoms with Crippen LogP contribution in [-0.2, 0) is 14.8 Å². The van der Waals surface area contributed by atoms with Crippen LogP contribution in [0.25, 0.3) is 0 Å². The molecule has 1 heterocycles. The molecule has 1 aromatic rings. The van der Waals surface area contributed by atoms with Crippen LogP contribution >= 0.6 is 0 Å². The van der Waals surface area contributed by atoms with Crippen LogP contribution in [0.3, 0.4) is 0 Å². The number of para-hydroxylation sites is 2. The summed E-state index contributed by atoms with van der Waals surface area (Å²) in [6.45, 7) is 2.71. The summed E-state index contributed by atoms with van der Waals surface area (Å²) in [7, 11) is -3.57. The van der Waals surface area contributed by atoms with Gasteiger partial charge in [0.25, 0.3) is 0 Å². The Morgan fingerprint density at radius 2 is 2.10 bits per heavy atom. The maximum atomic E-state index is 12.1. The first-order valence-electron chi connectivity index (χ1n) is 6.43. The number of carbonyl (C=O) groups excluding carboxylic acids is 1. The van der Waals surface area contributed by atoms with E-state index in [2.05, 4.69) is 0 Å². The van der Waals surface area contributed by atoms with E-state index in [0.717, 1.165) is 0 Å². The van der Waals surface area contributed by atoms with Crippen molar-refractivity contribution in [2.75, 3.05) is 23.8 Å². The smallest absolute Gasteiger partial charge is 0.227 e. The van der Waals surface area contributed by atoms with E-state index < -0.39 is 10.0 Å². The molecule has 2 N–H and O–H groups in total. The highest BCUT2D eigenvalue weighted by Gasteiger charge is 2.33. The summed E-state index contributed by atoms with van der Waals surface area (Å²) in [5.41, 5.74) is 0.677. The van der Waals surface area contributed by atoms with Crippen molar-refractivity contribution in [3.05, 3.63) is 24.3 Å². The molecular weight excluding hydrogens is 280 g/mol. The fraction of sp³-hybridized carbons (Fsp3) is 0.462. The maximum Gasteiger partial charge on any atom is 0.227 e. The zero-order valence-electron chi connectivity index (χ0n) is 11.3. The second-order valence-corrected chi connectivity index (χ2v) is 6.46. The molecule has 0 radical (unpaired) electrons. The van der Waals surface area contributed by atoms with Gasteiger partial charge in [0.05, 0.1) is 18.0 Å². The third kappa shape index (κ3) is 3.49. The van der Waals surface area contributed by atoms with Gasteiger partial charge in [0, 0.05) is 18.9 Å². The van der Waals surface area contributed by atoms with E-state index in [1.54, 1.807) is 17.0 Å². The lowest BCUT2D eigenvalue weighted by molar-refractivity contribution is -0.117. The van der Waals surface area contributed by atoms with E-state index in [1.807, 2.05) is 19.1 Å². The lowest BCUT2D eigenvalue weighted by atomic mass is 10.1. The molecular formula is C13H18N2O4S. The van der Waals surface area contributed by atoms with Gasteiger partial charge in [0.2, 0.25) is 15.9 Å². The fourth-order valence-corrected chi connectivity index (χ4v) is 3.29. The molecule has 1 amide bonds. The molecule has 20 heavy (non-hydrogen) atoms. The van der Waals surface area contributed by atoms with E-state index in [1.165, 1.54) is 0 Å². The molecule has 1 fully saturated rings. The monoisotopic (exact) mass is 298 g/mol. The normalized spacial score (nSPS) is 19.4. The van der Waals surface area contributed by atoms with Crippen molar-refractivity contribution in [3.63, 3.8) is 0 Å². The maximum absolute atomic E-state index is 12.1. The Labute approximate surface area is 118 Å². The van der Waals surface area contributed by atoms with E-state index in [9.17, 15) is 13.2 Å². The van der Waals surface area contributed by atoms with Crippen molar-refractivity contribution in [1.82, 2.24) is 0 Å². The number of carbonyl (C=O) groups is 1. The van der Waals surface area contributed by atoms with Gasteiger partial charge in [-0.1, -0.05) is 12.1 Å². The van der Waals surface area contributed by atoms with Crippen LogP contribution in [0, 0.1) is 5.92 Å². The van der Waals surface area contributed by atoms with Crippen molar-refractivity contribution in [2.24, 2.45) is 11.1 Å². The van der Waals surface area contributed by atoms with Crippen LogP contribution in [0.2, 0.25) is 0 Å². The lowest BCUT2D eigenvalue weighted by Gasteiger charge is -2.20. The summed E-state index contributed by atoms with van der Waals surface area (Å²) in [5.74, 6) is 0.0732. The molecule has 1 aliphatic heterocycles. The Kier molecular flexibility index (Phi) is 4.29. The zero-order valence-corrected chi connectivity index (χ0v) is 12.1. The number of hydrogen-bond donors (Lipinski definition) is 1. The number of ether oxygens (including phenoxy) is 1. The van der Waals surface area contributed by atoms with Crippen molar-refractivity contribution in [3.8, 4) is 5.75 Å². The molecule has 1 aromatic carbocycles. The van der Waals surface area contributed by atoms with Crippen LogP contribution in [0.4, 0.5) is 5.69 Å². The van der Waals surface area contributed by atoms with Crippen LogP contribution in [0.5, 0.6) is 5.75 Å². The van der Waals surface area contributed by atoms with Gasteiger partial charge in [-0.2, -0.15) is 0 Å². The molecule has 6 nitrogen and oxygen atoms in total. The highest BCUT2D eigenvalue weighted by molar-refractivity contribution is 7.89. The summed E-state index contributed by atoms with van der Waals surface area (Å²) < 4.78 is 27.8. The first kappa shape index (κ1) is 14.8. The molecule has 0 spiro atoms. The Balaban J connectivity index is 2.20. The molecule has 1 atom stereocenters. The molecule has 110 valence electrons. The van der Waals surface area contributed by atoms with Crippen molar-refractivity contribution < 1.29 is 17.9 Å². The minimum absolute atomic E-state index is 0.106. The summed E-state index contributed by atoms with van der Waals surface area (Å²) in [6.07, 6.45) is 0.191. The number of nitrogens with zero attached hydrogens (tertiary/aromatic N) is 1. The SMILES string of the molecule is CCOc1ccccc1N1CC(CS(N)(=O)=O)CC1=O. The second kappa shape index (κ2) is 5.80. The van der Waals surface area contributed by atoms with Gasteiger partial charge >= 0.3 is 0 Å². The Morgan fingerprint density at radius 1 is 1.40 bits per heavy atom. The predicted molar refractivity (Wildman–Crippen MR) is 76.0 cm³/mol. The van der Waals surface area contributed by atoms with Gasteiger partial charge in [-0.15, -0.1) is 0 Å². The van der Waals surface area contributed by atoms with E-state index in [-0.39, 0.29) is 24.0 Å². The van der Waals surface area contributed by atoms with Crippen molar-refractivity contribution >= 4 is 21.6 Å². The average Bonchev–Trinajstić information content (AvgIpc) is 2.69. The molecule has 1 aliphatic rings. The summed E-state index contributed by atoms with van der Waals surface area (Å²) >= 11 is 0. The van der Waals surface area contributed by atoms with E-state index in [0.29, 0.717) is 24.6 Å². The fourth-order valence-electron chi connectivity index (χ4n) is 2.41. The van der Waals surface area contributed by atoms with Crippen LogP contribution in [-0.4, -0.2) is 33.2 Å². The van der Waals surface area contributed by atoms with Crippen molar-refractivity contribution in [2.45, 2.75) is 13.3 Å². The van der Waals surface area contributed by atoms with Gasteiger partial charge in [0.1, 0.15) is 5.75 Å². The topological polar surface area (TPSA) is 89.7 Å². The first-order valence-corrected chi connectivity index (χ1v) is 8.15. The summed E-state index contributed by atoms with van der Waals surface area (Å²) in [6, 6.07) is 7.23. The Morgan fingerprint density at radius 3 is 2.75 bits per heavy atom. The number of anilines is 1. The van der Waals surface area contributed by atoms with E-state index in [4.69, 9.17) is 9.88 Å². The van der Waals surface area contributed by atoms with Crippen molar-refractivity contribution in [1.29, 1.82) is 0 Å².